The van der Waals surface area contributed by atoms with Crippen LogP contribution in [0.25, 0.3) is 0 Å². The molecule has 0 radical (unpaired) electrons. The standard InChI is InChI=1S/C8H5Br.C6H6/c9-7-6-8-4-2-1-3-5-8;1-2-4-6-5-3-1/h1-5H;1-6H. The third-order valence-corrected chi connectivity index (χ3v) is 1.83. The quantitative estimate of drug-likeness (QED) is 0.625. The molecule has 0 heterocycles. The van der Waals surface area contributed by atoms with Crippen LogP contribution in [0.2, 0.25) is 0 Å². The summed E-state index contributed by atoms with van der Waals surface area (Å²) in [5, 5.41) is 0. The van der Waals surface area contributed by atoms with Crippen LogP contribution >= 0.6 is 15.9 Å². The second kappa shape index (κ2) is 7.84. The van der Waals surface area contributed by atoms with Crippen molar-refractivity contribution >= 4 is 15.9 Å². The summed E-state index contributed by atoms with van der Waals surface area (Å²) in [4.78, 5) is 2.65. The first-order valence-electron chi connectivity index (χ1n) is 4.60. The minimum atomic E-state index is 1.04. The van der Waals surface area contributed by atoms with Gasteiger partial charge >= 0.3 is 0 Å². The van der Waals surface area contributed by atoms with Crippen molar-refractivity contribution in [3.8, 4) is 10.8 Å². The molecule has 0 spiro atoms. The van der Waals surface area contributed by atoms with Crippen LogP contribution in [0.3, 0.4) is 0 Å². The van der Waals surface area contributed by atoms with Gasteiger partial charge in [0.25, 0.3) is 0 Å². The van der Waals surface area contributed by atoms with Gasteiger partial charge in [0.15, 0.2) is 0 Å². The highest BCUT2D eigenvalue weighted by molar-refractivity contribution is 9.12. The minimum absolute atomic E-state index is 1.04. The first kappa shape index (κ1) is 11.6. The van der Waals surface area contributed by atoms with Crippen LogP contribution in [0.5, 0.6) is 0 Å². The molecule has 0 aromatic heterocycles. The van der Waals surface area contributed by atoms with E-state index < -0.39 is 0 Å². The third kappa shape index (κ3) is 5.72. The summed E-state index contributed by atoms with van der Waals surface area (Å²) >= 11 is 3.02. The highest BCUT2D eigenvalue weighted by Crippen LogP contribution is 1.94. The lowest BCUT2D eigenvalue weighted by molar-refractivity contribution is 1.65. The Bertz CT molecular complexity index is 383. The van der Waals surface area contributed by atoms with Crippen molar-refractivity contribution in [1.82, 2.24) is 0 Å². The summed E-state index contributed by atoms with van der Waals surface area (Å²) in [6.45, 7) is 0. The van der Waals surface area contributed by atoms with Crippen molar-refractivity contribution < 1.29 is 0 Å². The fourth-order valence-corrected chi connectivity index (χ4v) is 1.19. The summed E-state index contributed by atoms with van der Waals surface area (Å²) < 4.78 is 0. The van der Waals surface area contributed by atoms with Gasteiger partial charge < -0.3 is 0 Å². The van der Waals surface area contributed by atoms with E-state index in [1.54, 1.807) is 0 Å². The van der Waals surface area contributed by atoms with Crippen molar-refractivity contribution in [2.45, 2.75) is 0 Å². The van der Waals surface area contributed by atoms with Gasteiger partial charge in [0.2, 0.25) is 0 Å². The molecule has 0 nitrogen and oxygen atoms in total. The molecule has 2 rings (SSSR count). The average molecular weight is 259 g/mol. The van der Waals surface area contributed by atoms with E-state index in [2.05, 4.69) is 26.7 Å². The van der Waals surface area contributed by atoms with Crippen molar-refractivity contribution in [2.75, 3.05) is 0 Å². The van der Waals surface area contributed by atoms with E-state index >= 15 is 0 Å². The molecule has 0 atom stereocenters. The number of hydrogen-bond acceptors (Lipinski definition) is 0. The van der Waals surface area contributed by atoms with E-state index in [-0.39, 0.29) is 0 Å². The zero-order valence-corrected chi connectivity index (χ0v) is 9.81. The molecule has 0 fully saturated rings. The number of benzene rings is 2. The zero-order chi connectivity index (χ0) is 10.8. The Hall–Kier alpha value is -1.52. The first-order chi connectivity index (χ1) is 7.43. The highest BCUT2D eigenvalue weighted by Gasteiger charge is 1.77. The van der Waals surface area contributed by atoms with Crippen LogP contribution < -0.4 is 0 Å². The molecule has 0 aliphatic rings. The second-order valence-electron chi connectivity index (χ2n) is 2.74. The van der Waals surface area contributed by atoms with Crippen LogP contribution in [-0.2, 0) is 0 Å². The van der Waals surface area contributed by atoms with Crippen LogP contribution in [0.4, 0.5) is 0 Å². The van der Waals surface area contributed by atoms with Gasteiger partial charge in [-0.1, -0.05) is 60.5 Å². The van der Waals surface area contributed by atoms with Crippen molar-refractivity contribution in [3.05, 3.63) is 72.3 Å². The van der Waals surface area contributed by atoms with E-state index in [0.717, 1.165) is 5.56 Å². The highest BCUT2D eigenvalue weighted by atomic mass is 79.9. The molecule has 0 amide bonds. The topological polar surface area (TPSA) is 0 Å². The molecule has 0 aliphatic heterocycles. The van der Waals surface area contributed by atoms with Crippen molar-refractivity contribution in [2.24, 2.45) is 0 Å². The first-order valence-corrected chi connectivity index (χ1v) is 5.39. The van der Waals surface area contributed by atoms with Crippen molar-refractivity contribution in [3.63, 3.8) is 0 Å². The van der Waals surface area contributed by atoms with E-state index in [0.29, 0.717) is 0 Å². The summed E-state index contributed by atoms with van der Waals surface area (Å²) in [7, 11) is 0. The summed E-state index contributed by atoms with van der Waals surface area (Å²) in [5.74, 6) is 2.87. The molecule has 0 N–H and O–H groups in total. The maximum atomic E-state index is 3.02. The largest absolute Gasteiger partial charge is 0.0623 e. The van der Waals surface area contributed by atoms with Crippen LogP contribution in [0.15, 0.2) is 66.7 Å². The molecule has 0 bridgehead atoms. The van der Waals surface area contributed by atoms with Crippen molar-refractivity contribution in [1.29, 1.82) is 0 Å². The molecule has 0 saturated heterocycles. The fraction of sp³-hybridized carbons (Fsp3) is 0. The SMILES string of the molecule is BrC#Cc1ccccc1.c1ccccc1. The lowest BCUT2D eigenvalue weighted by atomic mass is 10.2. The Morgan fingerprint density at radius 1 is 0.667 bits per heavy atom. The summed E-state index contributed by atoms with van der Waals surface area (Å²) in [6.07, 6.45) is 0. The lowest BCUT2D eigenvalue weighted by Gasteiger charge is -1.83. The Labute approximate surface area is 99.1 Å². The molecular formula is C14H11Br. The molecule has 0 saturated carbocycles. The molecular weight excluding hydrogens is 248 g/mol. The normalized spacial score (nSPS) is 7.80. The van der Waals surface area contributed by atoms with Gasteiger partial charge in [-0.25, -0.2) is 0 Å². The molecule has 2 aromatic rings. The zero-order valence-electron chi connectivity index (χ0n) is 8.23. The fourth-order valence-electron chi connectivity index (χ4n) is 0.961. The molecule has 2 aromatic carbocycles. The molecule has 1 heteroatoms. The summed E-state index contributed by atoms with van der Waals surface area (Å²) in [6, 6.07) is 21.8. The van der Waals surface area contributed by atoms with Crippen LogP contribution in [0, 0.1) is 10.8 Å². The maximum absolute atomic E-state index is 3.02. The van der Waals surface area contributed by atoms with Crippen LogP contribution in [-0.4, -0.2) is 0 Å². The number of rotatable bonds is 0. The maximum Gasteiger partial charge on any atom is 0.0254 e. The van der Waals surface area contributed by atoms with Gasteiger partial charge in [-0.15, -0.1) is 0 Å². The predicted octanol–water partition coefficient (Wildman–Crippen LogP) is 4.08. The Kier molecular flexibility index (Phi) is 6.04. The van der Waals surface area contributed by atoms with Gasteiger partial charge in [-0.2, -0.15) is 0 Å². The smallest absolute Gasteiger partial charge is 0.0254 e. The predicted molar refractivity (Wildman–Crippen MR) is 68.7 cm³/mol. The third-order valence-electron chi connectivity index (χ3n) is 1.63. The molecule has 0 unspecified atom stereocenters. The van der Waals surface area contributed by atoms with E-state index in [9.17, 15) is 0 Å². The van der Waals surface area contributed by atoms with Gasteiger partial charge in [-0.3, -0.25) is 0 Å². The number of halogens is 1. The van der Waals surface area contributed by atoms with E-state index in [1.165, 1.54) is 0 Å². The Morgan fingerprint density at radius 2 is 1.07 bits per heavy atom. The van der Waals surface area contributed by atoms with Gasteiger partial charge in [0.1, 0.15) is 0 Å². The minimum Gasteiger partial charge on any atom is -0.0623 e. The molecule has 0 aliphatic carbocycles. The monoisotopic (exact) mass is 258 g/mol. The van der Waals surface area contributed by atoms with E-state index in [4.69, 9.17) is 0 Å². The van der Waals surface area contributed by atoms with E-state index in [1.807, 2.05) is 66.7 Å². The average Bonchev–Trinajstić information content (AvgIpc) is 2.34. The Morgan fingerprint density at radius 3 is 1.47 bits per heavy atom. The van der Waals surface area contributed by atoms with Gasteiger partial charge in [0.05, 0.1) is 0 Å². The Balaban J connectivity index is 0.000000162. The summed E-state index contributed by atoms with van der Waals surface area (Å²) in [5.41, 5.74) is 1.04. The van der Waals surface area contributed by atoms with Gasteiger partial charge in [-0.05, 0) is 17.0 Å². The molecule has 74 valence electrons. The second-order valence-corrected chi connectivity index (χ2v) is 3.14. The lowest BCUT2D eigenvalue weighted by Crippen LogP contribution is -1.67. The number of hydrogen-bond donors (Lipinski definition) is 0. The molecule has 15 heavy (non-hydrogen) atoms. The van der Waals surface area contributed by atoms with Crippen LogP contribution in [0.1, 0.15) is 5.56 Å². The van der Waals surface area contributed by atoms with Gasteiger partial charge in [0, 0.05) is 21.5 Å².